The first-order valence-corrected chi connectivity index (χ1v) is 13.0. The molecule has 3 aromatic rings. The normalized spacial score (nSPS) is 15.2. The lowest BCUT2D eigenvalue weighted by atomic mass is 10.0. The van der Waals surface area contributed by atoms with Crippen LogP contribution in [0.4, 0.5) is 11.5 Å². The summed E-state index contributed by atoms with van der Waals surface area (Å²) in [4.78, 5) is 11.3. The third-order valence-electron chi connectivity index (χ3n) is 5.95. The number of benzene rings is 2. The molecular formula is C24H25ClN4O4S. The minimum atomic E-state index is -3.98. The van der Waals surface area contributed by atoms with Crippen molar-refractivity contribution >= 4 is 33.1 Å². The van der Waals surface area contributed by atoms with Crippen LogP contribution in [0.1, 0.15) is 29.8 Å². The molecule has 0 saturated heterocycles. The molecule has 0 fully saturated rings. The van der Waals surface area contributed by atoms with Gasteiger partial charge in [-0.15, -0.1) is 0 Å². The summed E-state index contributed by atoms with van der Waals surface area (Å²) in [5, 5.41) is 0.127. The molecule has 5 rings (SSSR count). The molecule has 2 heterocycles. The number of aromatic nitrogens is 2. The monoisotopic (exact) mass is 500 g/mol. The highest BCUT2D eigenvalue weighted by Gasteiger charge is 2.24. The maximum Gasteiger partial charge on any atom is 0.264 e. The van der Waals surface area contributed by atoms with E-state index in [9.17, 15) is 8.42 Å². The summed E-state index contributed by atoms with van der Waals surface area (Å²) in [6, 6.07) is 12.2. The second kappa shape index (κ2) is 9.31. The van der Waals surface area contributed by atoms with Gasteiger partial charge in [-0.05, 0) is 55.5 Å². The number of hydrogen-bond donors (Lipinski definition) is 1. The van der Waals surface area contributed by atoms with Gasteiger partial charge < -0.3 is 14.4 Å². The number of fused-ring (bicyclic) bond motifs is 2. The van der Waals surface area contributed by atoms with E-state index in [-0.39, 0.29) is 28.2 Å². The van der Waals surface area contributed by atoms with E-state index in [4.69, 9.17) is 21.1 Å². The van der Waals surface area contributed by atoms with Crippen LogP contribution >= 0.6 is 11.6 Å². The summed E-state index contributed by atoms with van der Waals surface area (Å²) in [5.41, 5.74) is 3.54. The summed E-state index contributed by atoms with van der Waals surface area (Å²) in [7, 11) is -1.96. The average Bonchev–Trinajstić information content (AvgIpc) is 2.83. The molecule has 2 aliphatic rings. The number of ether oxygens (including phenoxy) is 2. The van der Waals surface area contributed by atoms with Crippen LogP contribution in [0.15, 0.2) is 47.4 Å². The quantitative estimate of drug-likeness (QED) is 0.541. The fourth-order valence-electron chi connectivity index (χ4n) is 4.13. The van der Waals surface area contributed by atoms with E-state index in [1.165, 1.54) is 12.1 Å². The summed E-state index contributed by atoms with van der Waals surface area (Å²) in [5.74, 6) is 1.01. The minimum Gasteiger partial charge on any atom is -0.490 e. The van der Waals surface area contributed by atoms with Crippen LogP contribution in [0.2, 0.25) is 5.02 Å². The van der Waals surface area contributed by atoms with Crippen molar-refractivity contribution in [1.29, 1.82) is 0 Å². The van der Waals surface area contributed by atoms with Gasteiger partial charge in [0.15, 0.2) is 0 Å². The molecular weight excluding hydrogens is 476 g/mol. The highest BCUT2D eigenvalue weighted by molar-refractivity contribution is 7.92. The lowest BCUT2D eigenvalue weighted by Crippen LogP contribution is -2.28. The zero-order chi connectivity index (χ0) is 23.7. The Labute approximate surface area is 203 Å². The van der Waals surface area contributed by atoms with Crippen molar-refractivity contribution < 1.29 is 17.9 Å². The van der Waals surface area contributed by atoms with Crippen LogP contribution in [-0.2, 0) is 29.5 Å². The van der Waals surface area contributed by atoms with Gasteiger partial charge in [-0.25, -0.2) is 18.4 Å². The molecule has 34 heavy (non-hydrogen) atoms. The molecule has 0 bridgehead atoms. The van der Waals surface area contributed by atoms with Crippen LogP contribution < -0.4 is 19.1 Å². The smallest absolute Gasteiger partial charge is 0.264 e. The van der Waals surface area contributed by atoms with Gasteiger partial charge in [-0.1, -0.05) is 29.8 Å². The molecule has 1 aliphatic heterocycles. The van der Waals surface area contributed by atoms with E-state index >= 15 is 0 Å². The van der Waals surface area contributed by atoms with Crippen molar-refractivity contribution in [2.45, 2.75) is 37.2 Å². The van der Waals surface area contributed by atoms with Crippen molar-refractivity contribution in [1.82, 2.24) is 9.97 Å². The molecule has 2 aromatic carbocycles. The standard InChI is InChI=1S/C24H25ClN4O4S/c1-29-12-13-32-21-14-16(10-11-20(21)29)15-33-24-23(26-18-7-3-4-8-19(18)27-24)28-34(30,31)22-9-5-2-6-17(22)25/h2,5-6,9-11,14H,3-4,7-8,12-13,15H2,1H3,(H,26,28). The Hall–Kier alpha value is -3.04. The molecule has 0 radical (unpaired) electrons. The Bertz CT molecular complexity index is 1330. The number of hydrogen-bond acceptors (Lipinski definition) is 7. The zero-order valence-corrected chi connectivity index (χ0v) is 20.3. The molecule has 0 atom stereocenters. The molecule has 1 aromatic heterocycles. The number of halogens is 1. The summed E-state index contributed by atoms with van der Waals surface area (Å²) >= 11 is 6.14. The largest absolute Gasteiger partial charge is 0.490 e. The van der Waals surface area contributed by atoms with E-state index in [1.807, 2.05) is 25.2 Å². The maximum absolute atomic E-state index is 13.1. The summed E-state index contributed by atoms with van der Waals surface area (Å²) in [6.45, 7) is 1.65. The van der Waals surface area contributed by atoms with Crippen molar-refractivity contribution in [3.63, 3.8) is 0 Å². The van der Waals surface area contributed by atoms with Gasteiger partial charge in [0.2, 0.25) is 5.82 Å². The first-order valence-electron chi connectivity index (χ1n) is 11.2. The van der Waals surface area contributed by atoms with E-state index in [2.05, 4.69) is 19.6 Å². The summed E-state index contributed by atoms with van der Waals surface area (Å²) in [6.07, 6.45) is 3.54. The third-order valence-corrected chi connectivity index (χ3v) is 7.79. The van der Waals surface area contributed by atoms with Gasteiger partial charge >= 0.3 is 0 Å². The molecule has 0 unspecified atom stereocenters. The fourth-order valence-corrected chi connectivity index (χ4v) is 5.65. The number of anilines is 2. The molecule has 1 N–H and O–H groups in total. The maximum atomic E-state index is 13.1. The van der Waals surface area contributed by atoms with Gasteiger partial charge in [-0.3, -0.25) is 4.72 Å². The minimum absolute atomic E-state index is 0.0295. The van der Waals surface area contributed by atoms with Gasteiger partial charge in [0.1, 0.15) is 23.9 Å². The Morgan fingerprint density at radius 2 is 1.88 bits per heavy atom. The number of likely N-dealkylation sites (N-methyl/N-ethyl adjacent to an activating group) is 1. The molecule has 1 aliphatic carbocycles. The topological polar surface area (TPSA) is 93.7 Å². The van der Waals surface area contributed by atoms with Gasteiger partial charge in [0.25, 0.3) is 15.9 Å². The summed E-state index contributed by atoms with van der Waals surface area (Å²) < 4.78 is 40.5. The van der Waals surface area contributed by atoms with E-state index < -0.39 is 10.0 Å². The molecule has 0 spiro atoms. The number of nitrogens with zero attached hydrogens (tertiary/aromatic N) is 3. The lowest BCUT2D eigenvalue weighted by molar-refractivity contribution is 0.288. The highest BCUT2D eigenvalue weighted by atomic mass is 35.5. The zero-order valence-electron chi connectivity index (χ0n) is 18.8. The molecule has 178 valence electrons. The second-order valence-electron chi connectivity index (χ2n) is 8.37. The van der Waals surface area contributed by atoms with Crippen molar-refractivity contribution in [2.75, 3.05) is 29.8 Å². The van der Waals surface area contributed by atoms with Gasteiger partial charge in [0.05, 0.1) is 28.6 Å². The Balaban J connectivity index is 1.44. The molecule has 8 nitrogen and oxygen atoms in total. The fraction of sp³-hybridized carbons (Fsp3) is 0.333. The number of rotatable bonds is 6. The van der Waals surface area contributed by atoms with Crippen LogP contribution in [-0.4, -0.2) is 38.6 Å². The molecule has 10 heteroatoms. The Morgan fingerprint density at radius 3 is 2.68 bits per heavy atom. The van der Waals surface area contributed by atoms with Crippen molar-refractivity contribution in [2.24, 2.45) is 0 Å². The number of sulfonamides is 1. The third kappa shape index (κ3) is 4.63. The number of aryl methyl sites for hydroxylation is 2. The second-order valence-corrected chi connectivity index (χ2v) is 10.4. The Morgan fingerprint density at radius 1 is 1.12 bits per heavy atom. The van der Waals surface area contributed by atoms with Crippen LogP contribution in [0.25, 0.3) is 0 Å². The van der Waals surface area contributed by atoms with E-state index in [0.717, 1.165) is 60.6 Å². The first-order chi connectivity index (χ1) is 16.4. The predicted octanol–water partition coefficient (Wildman–Crippen LogP) is 4.22. The van der Waals surface area contributed by atoms with Gasteiger partial charge in [0, 0.05) is 7.05 Å². The van der Waals surface area contributed by atoms with Crippen molar-refractivity contribution in [3.05, 3.63) is 64.4 Å². The molecule has 0 amide bonds. The van der Waals surface area contributed by atoms with E-state index in [1.54, 1.807) is 12.1 Å². The highest BCUT2D eigenvalue weighted by Crippen LogP contribution is 2.33. The SMILES string of the molecule is CN1CCOc2cc(COc3nc4c(nc3NS(=O)(=O)c3ccccc3Cl)CCCC4)ccc21. The van der Waals surface area contributed by atoms with Crippen LogP contribution in [0, 0.1) is 0 Å². The van der Waals surface area contributed by atoms with Crippen molar-refractivity contribution in [3.8, 4) is 11.6 Å². The first kappa shape index (κ1) is 22.7. The molecule has 0 saturated carbocycles. The predicted molar refractivity (Wildman–Crippen MR) is 130 cm³/mol. The van der Waals surface area contributed by atoms with E-state index in [0.29, 0.717) is 6.61 Å². The number of nitrogens with one attached hydrogen (secondary N) is 1. The Kier molecular flexibility index (Phi) is 6.22. The average molecular weight is 501 g/mol. The van der Waals surface area contributed by atoms with Gasteiger partial charge in [-0.2, -0.15) is 0 Å². The van der Waals surface area contributed by atoms with Crippen LogP contribution in [0.5, 0.6) is 11.6 Å². The van der Waals surface area contributed by atoms with Crippen LogP contribution in [0.3, 0.4) is 0 Å². The lowest BCUT2D eigenvalue weighted by Gasteiger charge is -2.28.